The molecule has 0 unspecified atom stereocenters. The Labute approximate surface area is 294 Å². The first kappa shape index (κ1) is 29.0. The van der Waals surface area contributed by atoms with Crippen molar-refractivity contribution in [1.82, 2.24) is 4.98 Å². The van der Waals surface area contributed by atoms with E-state index >= 15 is 0 Å². The Bertz CT molecular complexity index is 2830. The normalized spacial score (nSPS) is 11.5. The minimum atomic E-state index is 0.583. The fourth-order valence-electron chi connectivity index (χ4n) is 7.19. The van der Waals surface area contributed by atoms with Crippen LogP contribution in [-0.4, -0.2) is 4.98 Å². The molecule has 0 atom stereocenters. The first-order valence-corrected chi connectivity index (χ1v) is 17.1. The third kappa shape index (κ3) is 5.13. The van der Waals surface area contributed by atoms with E-state index in [2.05, 4.69) is 144 Å². The first-order chi connectivity index (χ1) is 25.2. The maximum Gasteiger partial charge on any atom is 0.228 e. The number of aromatic nitrogens is 1. The Hall–Kier alpha value is -6.91. The number of benzene rings is 8. The van der Waals surface area contributed by atoms with Crippen molar-refractivity contribution in [2.45, 2.75) is 0 Å². The lowest BCUT2D eigenvalue weighted by Gasteiger charge is -2.26. The van der Waals surface area contributed by atoms with Crippen LogP contribution in [0.4, 0.5) is 17.1 Å². The number of anilines is 3. The van der Waals surface area contributed by atoms with E-state index in [4.69, 9.17) is 13.8 Å². The van der Waals surface area contributed by atoms with Gasteiger partial charge in [0.15, 0.2) is 5.58 Å². The third-order valence-corrected chi connectivity index (χ3v) is 9.68. The van der Waals surface area contributed by atoms with Gasteiger partial charge in [-0.05, 0) is 99.8 Å². The molecule has 240 valence electrons. The number of furan rings is 1. The molecule has 0 saturated carbocycles. The van der Waals surface area contributed by atoms with Gasteiger partial charge in [-0.3, -0.25) is 0 Å². The highest BCUT2D eigenvalue weighted by atomic mass is 16.3. The van der Waals surface area contributed by atoms with Crippen molar-refractivity contribution in [3.8, 4) is 33.7 Å². The van der Waals surface area contributed by atoms with Crippen LogP contribution in [0, 0.1) is 0 Å². The van der Waals surface area contributed by atoms with Gasteiger partial charge in [0.2, 0.25) is 5.89 Å². The van der Waals surface area contributed by atoms with Crippen molar-refractivity contribution in [1.29, 1.82) is 0 Å². The van der Waals surface area contributed by atoms with Gasteiger partial charge in [0.25, 0.3) is 0 Å². The summed E-state index contributed by atoms with van der Waals surface area (Å²) in [5, 5.41) is 4.47. The molecule has 0 bridgehead atoms. The van der Waals surface area contributed by atoms with Gasteiger partial charge >= 0.3 is 0 Å². The largest absolute Gasteiger partial charge is 0.456 e. The van der Waals surface area contributed by atoms with Crippen molar-refractivity contribution in [2.75, 3.05) is 4.90 Å². The zero-order chi connectivity index (χ0) is 33.7. The van der Waals surface area contributed by atoms with E-state index in [0.717, 1.165) is 61.2 Å². The molecule has 8 aromatic carbocycles. The number of para-hydroxylation sites is 2. The van der Waals surface area contributed by atoms with Crippen LogP contribution in [0.2, 0.25) is 0 Å². The van der Waals surface area contributed by atoms with E-state index in [0.29, 0.717) is 5.89 Å². The number of fused-ring (bicyclic) bond motifs is 5. The molecule has 2 heterocycles. The van der Waals surface area contributed by atoms with E-state index in [9.17, 15) is 0 Å². The summed E-state index contributed by atoms with van der Waals surface area (Å²) >= 11 is 0. The lowest BCUT2D eigenvalue weighted by molar-refractivity contribution is 0.620. The second-order valence-corrected chi connectivity index (χ2v) is 12.8. The average molecular weight is 655 g/mol. The highest BCUT2D eigenvalue weighted by Crippen LogP contribution is 2.42. The number of rotatable bonds is 6. The SMILES string of the molecule is c1ccc(-c2cccc(N(c3ccc(-c4ccc5ccccc5c4)cc3)c3ccc4c(c3)oc3cccc(-c5nc6ccccc6o5)c34)c2)cc1. The van der Waals surface area contributed by atoms with E-state index in [1.54, 1.807) is 0 Å². The molecule has 0 aliphatic heterocycles. The molecule has 0 aliphatic rings. The Morgan fingerprint density at radius 1 is 0.392 bits per heavy atom. The van der Waals surface area contributed by atoms with Crippen molar-refractivity contribution >= 4 is 60.9 Å². The average Bonchev–Trinajstić information content (AvgIpc) is 3.80. The maximum absolute atomic E-state index is 6.56. The molecule has 0 aliphatic carbocycles. The molecule has 0 amide bonds. The molecule has 4 heteroatoms. The first-order valence-electron chi connectivity index (χ1n) is 17.1. The highest BCUT2D eigenvalue weighted by molar-refractivity contribution is 6.12. The van der Waals surface area contributed by atoms with Crippen molar-refractivity contribution in [2.24, 2.45) is 0 Å². The van der Waals surface area contributed by atoms with Gasteiger partial charge in [-0.2, -0.15) is 0 Å². The molecule has 51 heavy (non-hydrogen) atoms. The fourth-order valence-corrected chi connectivity index (χ4v) is 7.19. The van der Waals surface area contributed by atoms with Crippen LogP contribution in [-0.2, 0) is 0 Å². The molecule has 4 nitrogen and oxygen atoms in total. The predicted octanol–water partition coefficient (Wildman–Crippen LogP) is 13.4. The van der Waals surface area contributed by atoms with Crippen molar-refractivity contribution in [3.05, 3.63) is 182 Å². The van der Waals surface area contributed by atoms with E-state index in [1.165, 1.54) is 27.5 Å². The minimum Gasteiger partial charge on any atom is -0.456 e. The summed E-state index contributed by atoms with van der Waals surface area (Å²) in [7, 11) is 0. The second-order valence-electron chi connectivity index (χ2n) is 12.8. The standard InChI is InChI=1S/C47H30N2O2/c1-2-10-31(11-3-1)35-14-8-15-38(29-35)49(37-24-22-33(23-25-37)36-21-20-32-12-4-5-13-34(32)28-36)39-26-27-40-45(30-39)50-44-19-9-16-41(46(40)44)47-48-42-17-6-7-18-43(42)51-47/h1-30H. The van der Waals surface area contributed by atoms with E-state index in [-0.39, 0.29) is 0 Å². The Morgan fingerprint density at radius 2 is 1.06 bits per heavy atom. The lowest BCUT2D eigenvalue weighted by atomic mass is 10.0. The van der Waals surface area contributed by atoms with E-state index in [1.807, 2.05) is 42.5 Å². The minimum absolute atomic E-state index is 0.583. The van der Waals surface area contributed by atoms with Crippen molar-refractivity contribution in [3.63, 3.8) is 0 Å². The summed E-state index contributed by atoms with van der Waals surface area (Å²) in [5.41, 5.74) is 11.9. The van der Waals surface area contributed by atoms with Crippen LogP contribution in [0.5, 0.6) is 0 Å². The van der Waals surface area contributed by atoms with Gasteiger partial charge < -0.3 is 13.7 Å². The zero-order valence-corrected chi connectivity index (χ0v) is 27.5. The van der Waals surface area contributed by atoms with Crippen LogP contribution in [0.25, 0.3) is 77.5 Å². The molecular weight excluding hydrogens is 625 g/mol. The van der Waals surface area contributed by atoms with Gasteiger partial charge in [-0.1, -0.05) is 109 Å². The smallest absolute Gasteiger partial charge is 0.228 e. The molecular formula is C47H30N2O2. The number of nitrogens with zero attached hydrogens (tertiary/aromatic N) is 2. The van der Waals surface area contributed by atoms with Crippen LogP contribution in [0.3, 0.4) is 0 Å². The highest BCUT2D eigenvalue weighted by Gasteiger charge is 2.20. The molecule has 10 rings (SSSR count). The molecule has 0 fully saturated rings. The van der Waals surface area contributed by atoms with Crippen LogP contribution >= 0.6 is 0 Å². The zero-order valence-electron chi connectivity index (χ0n) is 27.5. The van der Waals surface area contributed by atoms with Gasteiger partial charge in [0.1, 0.15) is 16.7 Å². The summed E-state index contributed by atoms with van der Waals surface area (Å²) in [5.74, 6) is 0.583. The summed E-state index contributed by atoms with van der Waals surface area (Å²) < 4.78 is 12.8. The van der Waals surface area contributed by atoms with Gasteiger partial charge in [0.05, 0.1) is 0 Å². The fraction of sp³-hybridized carbons (Fsp3) is 0. The molecule has 0 spiro atoms. The number of hydrogen-bond acceptors (Lipinski definition) is 4. The predicted molar refractivity (Wildman–Crippen MR) is 210 cm³/mol. The maximum atomic E-state index is 6.56. The summed E-state index contributed by atoms with van der Waals surface area (Å²) in [6.45, 7) is 0. The number of hydrogen-bond donors (Lipinski definition) is 0. The number of oxazole rings is 1. The Kier molecular flexibility index (Phi) is 6.78. The molecule has 0 saturated heterocycles. The van der Waals surface area contributed by atoms with Gasteiger partial charge in [-0.25, -0.2) is 4.98 Å². The van der Waals surface area contributed by atoms with Crippen LogP contribution in [0.15, 0.2) is 191 Å². The molecule has 0 N–H and O–H groups in total. The summed E-state index contributed by atoms with van der Waals surface area (Å²) in [6, 6.07) is 63.5. The van der Waals surface area contributed by atoms with E-state index < -0.39 is 0 Å². The van der Waals surface area contributed by atoms with Gasteiger partial charge in [-0.15, -0.1) is 0 Å². The Balaban J connectivity index is 1.10. The quantitative estimate of drug-likeness (QED) is 0.179. The van der Waals surface area contributed by atoms with Crippen LogP contribution < -0.4 is 4.90 Å². The van der Waals surface area contributed by atoms with Gasteiger partial charge in [0, 0.05) is 39.5 Å². The molecule has 0 radical (unpaired) electrons. The second kappa shape index (κ2) is 11.9. The lowest BCUT2D eigenvalue weighted by Crippen LogP contribution is -2.10. The third-order valence-electron chi connectivity index (χ3n) is 9.68. The molecule has 10 aromatic rings. The Morgan fingerprint density at radius 3 is 1.94 bits per heavy atom. The summed E-state index contributed by atoms with van der Waals surface area (Å²) in [6.07, 6.45) is 0. The molecule has 2 aromatic heterocycles. The van der Waals surface area contributed by atoms with Crippen molar-refractivity contribution < 1.29 is 8.83 Å². The van der Waals surface area contributed by atoms with Crippen LogP contribution in [0.1, 0.15) is 0 Å². The topological polar surface area (TPSA) is 42.4 Å². The monoisotopic (exact) mass is 654 g/mol. The summed E-state index contributed by atoms with van der Waals surface area (Å²) in [4.78, 5) is 7.10.